The Morgan fingerprint density at radius 2 is 1.76 bits per heavy atom. The highest BCUT2D eigenvalue weighted by atomic mass is 35.5. The van der Waals surface area contributed by atoms with Gasteiger partial charge in [0, 0.05) is 10.7 Å². The van der Waals surface area contributed by atoms with Crippen LogP contribution in [0.3, 0.4) is 0 Å². The molecule has 3 rings (SSSR count). The Bertz CT molecular complexity index is 1170. The summed E-state index contributed by atoms with van der Waals surface area (Å²) < 4.78 is 16.6. The number of halogens is 1. The van der Waals surface area contributed by atoms with Gasteiger partial charge in [0.1, 0.15) is 24.0 Å². The summed E-state index contributed by atoms with van der Waals surface area (Å²) in [7, 11) is 1.55. The first-order valence-electron chi connectivity index (χ1n) is 10.2. The predicted molar refractivity (Wildman–Crippen MR) is 129 cm³/mol. The van der Waals surface area contributed by atoms with Crippen LogP contribution in [0.5, 0.6) is 17.2 Å². The molecular weight excluding hydrogens is 440 g/mol. The van der Waals surface area contributed by atoms with Crippen molar-refractivity contribution in [2.75, 3.05) is 19.0 Å². The van der Waals surface area contributed by atoms with Gasteiger partial charge in [0.05, 0.1) is 13.7 Å². The van der Waals surface area contributed by atoms with Gasteiger partial charge < -0.3 is 19.5 Å². The Morgan fingerprint density at radius 3 is 2.39 bits per heavy atom. The average Bonchev–Trinajstić information content (AvgIpc) is 2.83. The van der Waals surface area contributed by atoms with Crippen molar-refractivity contribution in [3.05, 3.63) is 88.5 Å². The molecule has 3 aromatic rings. The second-order valence-corrected chi connectivity index (χ2v) is 7.34. The average molecular weight is 463 g/mol. The van der Waals surface area contributed by atoms with Gasteiger partial charge in [0.2, 0.25) is 0 Å². The van der Waals surface area contributed by atoms with E-state index in [1.165, 1.54) is 6.08 Å². The third kappa shape index (κ3) is 6.76. The number of hydrogen-bond donors (Lipinski definition) is 1. The van der Waals surface area contributed by atoms with Gasteiger partial charge in [-0.3, -0.25) is 4.79 Å². The molecule has 0 heterocycles. The minimum atomic E-state index is -0.513. The van der Waals surface area contributed by atoms with Gasteiger partial charge in [0.25, 0.3) is 5.91 Å². The monoisotopic (exact) mass is 462 g/mol. The van der Waals surface area contributed by atoms with Crippen molar-refractivity contribution in [3.63, 3.8) is 0 Å². The van der Waals surface area contributed by atoms with E-state index in [0.717, 1.165) is 5.56 Å². The molecule has 0 bridgehead atoms. The van der Waals surface area contributed by atoms with Gasteiger partial charge in [-0.1, -0.05) is 29.8 Å². The normalized spacial score (nSPS) is 10.8. The standard InChI is InChI=1S/C26H23ClN2O4/c1-3-32-25-15-19(6-13-24(25)31-2)14-20(16-28)26(30)29-22-9-11-23(12-10-22)33-17-18-4-7-21(27)8-5-18/h4-15H,3,17H2,1-2H3,(H,29,30)/b20-14+. The van der Waals surface area contributed by atoms with Crippen molar-refractivity contribution in [2.45, 2.75) is 13.5 Å². The maximum Gasteiger partial charge on any atom is 0.266 e. The quantitative estimate of drug-likeness (QED) is 0.317. The summed E-state index contributed by atoms with van der Waals surface area (Å²) in [6, 6.07) is 21.5. The molecule has 0 aliphatic rings. The maximum absolute atomic E-state index is 12.6. The molecule has 0 atom stereocenters. The van der Waals surface area contributed by atoms with Crippen molar-refractivity contribution in [3.8, 4) is 23.3 Å². The van der Waals surface area contributed by atoms with Crippen LogP contribution >= 0.6 is 11.6 Å². The van der Waals surface area contributed by atoms with Crippen molar-refractivity contribution < 1.29 is 19.0 Å². The van der Waals surface area contributed by atoms with Crippen LogP contribution in [0, 0.1) is 11.3 Å². The Morgan fingerprint density at radius 1 is 1.03 bits per heavy atom. The number of nitrogens with zero attached hydrogens (tertiary/aromatic N) is 1. The molecule has 0 aromatic heterocycles. The van der Waals surface area contributed by atoms with Gasteiger partial charge in [-0.2, -0.15) is 5.26 Å². The number of methoxy groups -OCH3 is 1. The van der Waals surface area contributed by atoms with E-state index in [4.69, 9.17) is 25.8 Å². The molecule has 1 amide bonds. The lowest BCUT2D eigenvalue weighted by molar-refractivity contribution is -0.112. The molecule has 0 saturated heterocycles. The van der Waals surface area contributed by atoms with E-state index in [9.17, 15) is 10.1 Å². The fourth-order valence-corrected chi connectivity index (χ4v) is 3.07. The highest BCUT2D eigenvalue weighted by Crippen LogP contribution is 2.29. The van der Waals surface area contributed by atoms with Crippen LogP contribution in [-0.2, 0) is 11.4 Å². The Balaban J connectivity index is 1.64. The molecule has 0 aliphatic carbocycles. The first kappa shape index (κ1) is 23.7. The lowest BCUT2D eigenvalue weighted by Crippen LogP contribution is -2.13. The van der Waals surface area contributed by atoms with Crippen molar-refractivity contribution in [1.29, 1.82) is 5.26 Å². The number of nitrogens with one attached hydrogen (secondary N) is 1. The summed E-state index contributed by atoms with van der Waals surface area (Å²) in [5.41, 5.74) is 2.15. The highest BCUT2D eigenvalue weighted by molar-refractivity contribution is 6.30. The van der Waals surface area contributed by atoms with Crippen molar-refractivity contribution in [2.24, 2.45) is 0 Å². The molecule has 0 unspecified atom stereocenters. The largest absolute Gasteiger partial charge is 0.493 e. The van der Waals surface area contributed by atoms with E-state index in [2.05, 4.69) is 5.32 Å². The zero-order valence-corrected chi connectivity index (χ0v) is 19.1. The van der Waals surface area contributed by atoms with Crippen LogP contribution in [-0.4, -0.2) is 19.6 Å². The molecule has 168 valence electrons. The summed E-state index contributed by atoms with van der Waals surface area (Å²) in [6.07, 6.45) is 1.50. The number of hydrogen-bond acceptors (Lipinski definition) is 5. The molecule has 0 radical (unpaired) electrons. The molecular formula is C26H23ClN2O4. The summed E-state index contributed by atoms with van der Waals surface area (Å²) in [5, 5.41) is 12.9. The molecule has 0 spiro atoms. The summed E-state index contributed by atoms with van der Waals surface area (Å²) >= 11 is 5.89. The van der Waals surface area contributed by atoms with E-state index in [-0.39, 0.29) is 5.57 Å². The second kappa shape index (κ2) is 11.6. The summed E-state index contributed by atoms with van der Waals surface area (Å²) in [5.74, 6) is 1.26. The minimum absolute atomic E-state index is 0.0364. The Hall–Kier alpha value is -3.95. The van der Waals surface area contributed by atoms with E-state index in [1.807, 2.05) is 37.3 Å². The second-order valence-electron chi connectivity index (χ2n) is 6.91. The van der Waals surface area contributed by atoms with E-state index in [1.54, 1.807) is 49.6 Å². The number of amides is 1. The van der Waals surface area contributed by atoms with Gasteiger partial charge in [-0.25, -0.2) is 0 Å². The van der Waals surface area contributed by atoms with Gasteiger partial charge >= 0.3 is 0 Å². The predicted octanol–water partition coefficient (Wildman–Crippen LogP) is 5.87. The molecule has 1 N–H and O–H groups in total. The SMILES string of the molecule is CCOc1cc(/C=C(\C#N)C(=O)Nc2ccc(OCc3ccc(Cl)cc3)cc2)ccc1OC. The van der Waals surface area contributed by atoms with Crippen LogP contribution in [0.15, 0.2) is 72.3 Å². The molecule has 6 nitrogen and oxygen atoms in total. The first-order chi connectivity index (χ1) is 16.0. The zero-order valence-electron chi connectivity index (χ0n) is 18.3. The molecule has 3 aromatic carbocycles. The number of ether oxygens (including phenoxy) is 3. The van der Waals surface area contributed by atoms with Crippen LogP contribution in [0.4, 0.5) is 5.69 Å². The minimum Gasteiger partial charge on any atom is -0.493 e. The van der Waals surface area contributed by atoms with Crippen LogP contribution in [0.25, 0.3) is 6.08 Å². The number of carbonyl (C=O) groups excluding carboxylic acids is 1. The van der Waals surface area contributed by atoms with Crippen LogP contribution in [0.1, 0.15) is 18.1 Å². The number of nitriles is 1. The molecule has 0 fully saturated rings. The van der Waals surface area contributed by atoms with Gasteiger partial charge in [-0.15, -0.1) is 0 Å². The molecule has 33 heavy (non-hydrogen) atoms. The third-order valence-electron chi connectivity index (χ3n) is 4.59. The lowest BCUT2D eigenvalue weighted by atomic mass is 10.1. The zero-order chi connectivity index (χ0) is 23.6. The smallest absolute Gasteiger partial charge is 0.266 e. The highest BCUT2D eigenvalue weighted by Gasteiger charge is 2.11. The maximum atomic E-state index is 12.6. The topological polar surface area (TPSA) is 80.6 Å². The fraction of sp³-hybridized carbons (Fsp3) is 0.154. The Labute approximate surface area is 198 Å². The lowest BCUT2D eigenvalue weighted by Gasteiger charge is -2.10. The molecule has 0 aliphatic heterocycles. The summed E-state index contributed by atoms with van der Waals surface area (Å²) in [6.45, 7) is 2.73. The van der Waals surface area contributed by atoms with E-state index >= 15 is 0 Å². The Kier molecular flexibility index (Phi) is 8.34. The first-order valence-corrected chi connectivity index (χ1v) is 10.6. The van der Waals surface area contributed by atoms with Crippen LogP contribution < -0.4 is 19.5 Å². The summed E-state index contributed by atoms with van der Waals surface area (Å²) in [4.78, 5) is 12.6. The molecule has 0 saturated carbocycles. The fourth-order valence-electron chi connectivity index (χ4n) is 2.95. The van der Waals surface area contributed by atoms with Crippen LogP contribution in [0.2, 0.25) is 5.02 Å². The third-order valence-corrected chi connectivity index (χ3v) is 4.85. The van der Waals surface area contributed by atoms with Crippen molar-refractivity contribution in [1.82, 2.24) is 0 Å². The van der Waals surface area contributed by atoms with Crippen molar-refractivity contribution >= 4 is 29.3 Å². The van der Waals surface area contributed by atoms with E-state index in [0.29, 0.717) is 46.7 Å². The van der Waals surface area contributed by atoms with Gasteiger partial charge in [0.15, 0.2) is 11.5 Å². The number of rotatable bonds is 9. The molecule has 7 heteroatoms. The number of benzene rings is 3. The number of carbonyl (C=O) groups is 1. The van der Waals surface area contributed by atoms with E-state index < -0.39 is 5.91 Å². The van der Waals surface area contributed by atoms with Gasteiger partial charge in [-0.05, 0) is 72.7 Å². The number of anilines is 1.